The van der Waals surface area contributed by atoms with E-state index in [0.717, 1.165) is 0 Å². The van der Waals surface area contributed by atoms with Crippen molar-refractivity contribution in [2.24, 2.45) is 11.7 Å². The average molecular weight is 292 g/mol. The quantitative estimate of drug-likeness (QED) is 0.729. The molecule has 0 unspecified atom stereocenters. The SMILES string of the molecule is CC(C)[C@H](N)C(=O)N[C@@H](C)C(=O)Nc1ccc(C[O])cc1. The van der Waals surface area contributed by atoms with Gasteiger partial charge in [-0.3, -0.25) is 9.59 Å². The van der Waals surface area contributed by atoms with Crippen LogP contribution in [0.4, 0.5) is 5.69 Å². The molecule has 1 aromatic rings. The van der Waals surface area contributed by atoms with Crippen LogP contribution in [0.25, 0.3) is 0 Å². The summed E-state index contributed by atoms with van der Waals surface area (Å²) in [6.07, 6.45) is 0. The normalized spacial score (nSPS) is 13.6. The van der Waals surface area contributed by atoms with Crippen molar-refractivity contribution >= 4 is 17.5 Å². The Hall–Kier alpha value is -1.92. The summed E-state index contributed by atoms with van der Waals surface area (Å²) in [7, 11) is 0. The fraction of sp³-hybridized carbons (Fsp3) is 0.467. The molecule has 0 heterocycles. The Morgan fingerprint density at radius 3 is 2.14 bits per heavy atom. The fourth-order valence-corrected chi connectivity index (χ4v) is 1.61. The standard InChI is InChI=1S/C15H22N3O3/c1-9(2)13(16)15(21)17-10(3)14(20)18-12-6-4-11(8-19)5-7-12/h4-7,9-10,13H,8,16H2,1-3H3,(H,17,21)(H,18,20)/t10-,13-/m0/s1. The highest BCUT2D eigenvalue weighted by Gasteiger charge is 2.22. The Balaban J connectivity index is 2.56. The molecule has 6 heteroatoms. The first kappa shape index (κ1) is 17.1. The van der Waals surface area contributed by atoms with E-state index < -0.39 is 12.1 Å². The molecule has 1 rings (SSSR count). The van der Waals surface area contributed by atoms with Crippen LogP contribution in [0, 0.1) is 5.92 Å². The van der Waals surface area contributed by atoms with Gasteiger partial charge in [-0.15, -0.1) is 0 Å². The van der Waals surface area contributed by atoms with Gasteiger partial charge in [0.25, 0.3) is 0 Å². The minimum absolute atomic E-state index is 0.0000956. The van der Waals surface area contributed by atoms with Gasteiger partial charge in [-0.1, -0.05) is 26.0 Å². The van der Waals surface area contributed by atoms with Crippen molar-refractivity contribution in [3.8, 4) is 0 Å². The van der Waals surface area contributed by atoms with Crippen molar-refractivity contribution in [1.82, 2.24) is 5.32 Å². The molecule has 0 aliphatic carbocycles. The molecular formula is C15H22N3O3. The summed E-state index contributed by atoms with van der Waals surface area (Å²) in [5, 5.41) is 15.9. The lowest BCUT2D eigenvalue weighted by molar-refractivity contribution is -0.127. The lowest BCUT2D eigenvalue weighted by Crippen LogP contribution is -2.50. The van der Waals surface area contributed by atoms with E-state index in [1.54, 1.807) is 31.2 Å². The zero-order chi connectivity index (χ0) is 16.0. The van der Waals surface area contributed by atoms with E-state index in [4.69, 9.17) is 5.73 Å². The second kappa shape index (κ2) is 7.75. The number of benzene rings is 1. The van der Waals surface area contributed by atoms with E-state index >= 15 is 0 Å². The predicted octanol–water partition coefficient (Wildman–Crippen LogP) is 1.04. The minimum Gasteiger partial charge on any atom is -0.343 e. The molecule has 2 atom stereocenters. The van der Waals surface area contributed by atoms with Gasteiger partial charge in [0.1, 0.15) is 12.6 Å². The number of anilines is 1. The van der Waals surface area contributed by atoms with Crippen molar-refractivity contribution in [1.29, 1.82) is 0 Å². The lowest BCUT2D eigenvalue weighted by Gasteiger charge is -2.19. The number of nitrogens with one attached hydrogen (secondary N) is 2. The van der Waals surface area contributed by atoms with E-state index in [0.29, 0.717) is 11.3 Å². The summed E-state index contributed by atoms with van der Waals surface area (Å²) in [5.41, 5.74) is 6.95. The second-order valence-corrected chi connectivity index (χ2v) is 5.33. The third kappa shape index (κ3) is 5.17. The Kier molecular flexibility index (Phi) is 6.33. The summed E-state index contributed by atoms with van der Waals surface area (Å²) in [6, 6.07) is 5.28. The number of rotatable bonds is 6. The van der Waals surface area contributed by atoms with Crippen molar-refractivity contribution < 1.29 is 14.7 Å². The van der Waals surface area contributed by atoms with Crippen LogP contribution in [-0.4, -0.2) is 23.9 Å². The molecule has 115 valence electrons. The molecule has 2 amide bonds. The van der Waals surface area contributed by atoms with Crippen molar-refractivity contribution in [3.05, 3.63) is 29.8 Å². The molecule has 0 fully saturated rings. The van der Waals surface area contributed by atoms with Crippen LogP contribution in [0.5, 0.6) is 0 Å². The molecule has 0 saturated carbocycles. The molecule has 0 aromatic heterocycles. The van der Waals surface area contributed by atoms with Crippen molar-refractivity contribution in [2.75, 3.05) is 5.32 Å². The van der Waals surface area contributed by atoms with Gasteiger partial charge in [0.05, 0.1) is 6.04 Å². The first-order valence-corrected chi connectivity index (χ1v) is 6.89. The van der Waals surface area contributed by atoms with Crippen LogP contribution in [0.15, 0.2) is 24.3 Å². The van der Waals surface area contributed by atoms with Crippen LogP contribution < -0.4 is 16.4 Å². The van der Waals surface area contributed by atoms with E-state index in [2.05, 4.69) is 10.6 Å². The smallest absolute Gasteiger partial charge is 0.246 e. The maximum absolute atomic E-state index is 12.0. The Labute approximate surface area is 124 Å². The van der Waals surface area contributed by atoms with Gasteiger partial charge in [0.2, 0.25) is 11.8 Å². The summed E-state index contributed by atoms with van der Waals surface area (Å²) < 4.78 is 0. The molecule has 21 heavy (non-hydrogen) atoms. The number of hydrogen-bond donors (Lipinski definition) is 3. The summed E-state index contributed by atoms with van der Waals surface area (Å²) in [5.74, 6) is -0.691. The molecule has 1 radical (unpaired) electrons. The first-order valence-electron chi connectivity index (χ1n) is 6.89. The van der Waals surface area contributed by atoms with E-state index in [-0.39, 0.29) is 24.3 Å². The molecular weight excluding hydrogens is 270 g/mol. The molecule has 1 aromatic carbocycles. The van der Waals surface area contributed by atoms with Gasteiger partial charge >= 0.3 is 0 Å². The molecule has 0 spiro atoms. The number of carbonyl (C=O) groups excluding carboxylic acids is 2. The summed E-state index contributed by atoms with van der Waals surface area (Å²) >= 11 is 0. The zero-order valence-corrected chi connectivity index (χ0v) is 12.6. The fourth-order valence-electron chi connectivity index (χ4n) is 1.61. The Morgan fingerprint density at radius 1 is 1.10 bits per heavy atom. The van der Waals surface area contributed by atoms with Gasteiger partial charge in [-0.2, -0.15) is 0 Å². The highest BCUT2D eigenvalue weighted by atomic mass is 16.3. The van der Waals surface area contributed by atoms with Crippen LogP contribution in [-0.2, 0) is 21.3 Å². The topological polar surface area (TPSA) is 104 Å². The third-order valence-corrected chi connectivity index (χ3v) is 3.16. The highest BCUT2D eigenvalue weighted by Crippen LogP contribution is 2.10. The van der Waals surface area contributed by atoms with E-state index in [1.807, 2.05) is 13.8 Å². The van der Waals surface area contributed by atoms with Crippen LogP contribution in [0.3, 0.4) is 0 Å². The maximum atomic E-state index is 12.0. The molecule has 4 N–H and O–H groups in total. The lowest BCUT2D eigenvalue weighted by atomic mass is 10.0. The molecule has 0 aliphatic heterocycles. The monoisotopic (exact) mass is 292 g/mol. The van der Waals surface area contributed by atoms with E-state index in [9.17, 15) is 14.7 Å². The molecule has 6 nitrogen and oxygen atoms in total. The number of nitrogens with two attached hydrogens (primary N) is 1. The van der Waals surface area contributed by atoms with Crippen LogP contribution in [0.1, 0.15) is 26.3 Å². The third-order valence-electron chi connectivity index (χ3n) is 3.16. The number of hydrogen-bond acceptors (Lipinski definition) is 3. The Morgan fingerprint density at radius 2 is 1.67 bits per heavy atom. The van der Waals surface area contributed by atoms with Gasteiger partial charge in [0, 0.05) is 5.69 Å². The minimum atomic E-state index is -0.693. The predicted molar refractivity (Wildman–Crippen MR) is 79.9 cm³/mol. The van der Waals surface area contributed by atoms with Gasteiger partial charge in [-0.05, 0) is 30.5 Å². The Bertz CT molecular complexity index is 485. The van der Waals surface area contributed by atoms with Crippen molar-refractivity contribution in [2.45, 2.75) is 39.5 Å². The number of carbonyl (C=O) groups is 2. The van der Waals surface area contributed by atoms with E-state index in [1.165, 1.54) is 0 Å². The van der Waals surface area contributed by atoms with Crippen molar-refractivity contribution in [3.63, 3.8) is 0 Å². The molecule has 0 bridgehead atoms. The number of amides is 2. The average Bonchev–Trinajstić information content (AvgIpc) is 2.46. The van der Waals surface area contributed by atoms with Gasteiger partial charge in [0.15, 0.2) is 0 Å². The summed E-state index contributed by atoms with van der Waals surface area (Å²) in [6.45, 7) is 4.97. The van der Waals surface area contributed by atoms with Gasteiger partial charge < -0.3 is 16.4 Å². The second-order valence-electron chi connectivity index (χ2n) is 5.33. The van der Waals surface area contributed by atoms with Gasteiger partial charge in [-0.25, -0.2) is 5.11 Å². The largest absolute Gasteiger partial charge is 0.343 e. The maximum Gasteiger partial charge on any atom is 0.246 e. The highest BCUT2D eigenvalue weighted by molar-refractivity contribution is 5.97. The first-order chi connectivity index (χ1) is 9.85. The zero-order valence-electron chi connectivity index (χ0n) is 12.6. The molecule has 0 saturated heterocycles. The van der Waals surface area contributed by atoms with Crippen LogP contribution >= 0.6 is 0 Å². The molecule has 0 aliphatic rings. The van der Waals surface area contributed by atoms with Crippen LogP contribution in [0.2, 0.25) is 0 Å². The summed E-state index contributed by atoms with van der Waals surface area (Å²) in [4.78, 5) is 23.8.